The first-order chi connectivity index (χ1) is 13.1. The Morgan fingerprint density at radius 2 is 2.00 bits per heavy atom. The molecular formula is C21H25N5O. The summed E-state index contributed by atoms with van der Waals surface area (Å²) in [6.07, 6.45) is 6.59. The zero-order valence-electron chi connectivity index (χ0n) is 15.9. The molecule has 6 nitrogen and oxygen atoms in total. The van der Waals surface area contributed by atoms with Crippen LogP contribution in [0.1, 0.15) is 59.6 Å². The van der Waals surface area contributed by atoms with E-state index in [0.29, 0.717) is 17.7 Å². The Balaban J connectivity index is 1.44. The highest BCUT2D eigenvalue weighted by atomic mass is 16.2. The van der Waals surface area contributed by atoms with Crippen LogP contribution in [-0.4, -0.2) is 43.2 Å². The molecule has 2 aromatic heterocycles. The lowest BCUT2D eigenvalue weighted by Crippen LogP contribution is -2.41. The number of piperidine rings is 1. The number of benzene rings is 1. The molecule has 1 saturated heterocycles. The molecule has 2 fully saturated rings. The van der Waals surface area contributed by atoms with E-state index in [1.807, 2.05) is 42.4 Å². The summed E-state index contributed by atoms with van der Waals surface area (Å²) in [5, 5.41) is 5.47. The number of para-hydroxylation sites is 1. The van der Waals surface area contributed by atoms with Crippen LogP contribution in [0.15, 0.2) is 30.5 Å². The summed E-state index contributed by atoms with van der Waals surface area (Å²) in [5.41, 5.74) is 2.77. The van der Waals surface area contributed by atoms with Crippen molar-refractivity contribution >= 4 is 16.8 Å². The first-order valence-electron chi connectivity index (χ1n) is 9.88. The van der Waals surface area contributed by atoms with Gasteiger partial charge in [-0.25, -0.2) is 4.98 Å². The van der Waals surface area contributed by atoms with Gasteiger partial charge in [0.2, 0.25) is 0 Å². The Hall–Kier alpha value is -2.63. The van der Waals surface area contributed by atoms with Crippen molar-refractivity contribution in [2.24, 2.45) is 7.05 Å². The van der Waals surface area contributed by atoms with E-state index >= 15 is 0 Å². The van der Waals surface area contributed by atoms with Gasteiger partial charge in [-0.15, -0.1) is 0 Å². The fourth-order valence-corrected chi connectivity index (χ4v) is 4.45. The van der Waals surface area contributed by atoms with Crippen LogP contribution >= 0.6 is 0 Å². The number of amides is 1. The molecule has 0 radical (unpaired) electrons. The molecule has 1 aliphatic carbocycles. The van der Waals surface area contributed by atoms with Crippen molar-refractivity contribution in [3.05, 3.63) is 47.7 Å². The third-order valence-corrected chi connectivity index (χ3v) is 5.96. The summed E-state index contributed by atoms with van der Waals surface area (Å²) < 4.78 is 4.20. The van der Waals surface area contributed by atoms with E-state index in [2.05, 4.69) is 21.6 Å². The van der Waals surface area contributed by atoms with Gasteiger partial charge in [-0.1, -0.05) is 18.2 Å². The maximum atomic E-state index is 13.3. The first-order valence-corrected chi connectivity index (χ1v) is 9.88. The van der Waals surface area contributed by atoms with Gasteiger partial charge < -0.3 is 9.47 Å². The van der Waals surface area contributed by atoms with Crippen LogP contribution in [0.3, 0.4) is 0 Å². The first kappa shape index (κ1) is 16.5. The molecule has 2 aliphatic rings. The number of likely N-dealkylation sites (tertiary alicyclic amines) is 1. The summed E-state index contributed by atoms with van der Waals surface area (Å²) >= 11 is 0. The molecule has 0 spiro atoms. The lowest BCUT2D eigenvalue weighted by Gasteiger charge is -2.34. The normalized spacial score (nSPS) is 20.4. The molecule has 1 amide bonds. The molecule has 6 heteroatoms. The summed E-state index contributed by atoms with van der Waals surface area (Å²) in [4.78, 5) is 19.9. The lowest BCUT2D eigenvalue weighted by atomic mass is 10.0. The maximum absolute atomic E-state index is 13.3. The van der Waals surface area contributed by atoms with Crippen LogP contribution in [0.5, 0.6) is 0 Å². The number of aryl methyl sites for hydroxylation is 2. The van der Waals surface area contributed by atoms with Crippen LogP contribution in [0, 0.1) is 6.92 Å². The summed E-state index contributed by atoms with van der Waals surface area (Å²) in [6, 6.07) is 8.26. The van der Waals surface area contributed by atoms with Gasteiger partial charge in [0.15, 0.2) is 5.69 Å². The number of fused-ring (bicyclic) bond motifs is 1. The number of rotatable bonds is 3. The highest BCUT2D eigenvalue weighted by Crippen LogP contribution is 2.41. The number of carbonyl (C=O) groups excluding carboxylic acids is 1. The highest BCUT2D eigenvalue weighted by molar-refractivity contribution is 6.04. The van der Waals surface area contributed by atoms with Crippen molar-refractivity contribution in [2.75, 3.05) is 13.1 Å². The molecule has 5 rings (SSSR count). The van der Waals surface area contributed by atoms with Crippen LogP contribution in [0.2, 0.25) is 0 Å². The van der Waals surface area contributed by atoms with Gasteiger partial charge in [-0.05, 0) is 38.7 Å². The van der Waals surface area contributed by atoms with E-state index in [1.54, 1.807) is 4.68 Å². The van der Waals surface area contributed by atoms with Crippen molar-refractivity contribution in [3.8, 4) is 0 Å². The van der Waals surface area contributed by atoms with Gasteiger partial charge in [0, 0.05) is 43.3 Å². The third-order valence-electron chi connectivity index (χ3n) is 5.96. The van der Waals surface area contributed by atoms with E-state index in [0.717, 1.165) is 36.8 Å². The SMILES string of the molecule is Cc1cnc(C2CC2)n1C1CCCN(C(=O)c2nn(C)c3ccccc23)C1. The molecule has 1 aliphatic heterocycles. The molecule has 1 atom stereocenters. The standard InChI is InChI=1S/C21H25N5O/c1-14-12-22-20(15-9-10-15)26(14)16-6-5-11-25(13-16)21(27)19-17-7-3-4-8-18(17)24(2)23-19/h3-4,7-8,12,15-16H,5-6,9-11,13H2,1-2H3. The second-order valence-electron chi connectivity index (χ2n) is 7.94. The lowest BCUT2D eigenvalue weighted by molar-refractivity contribution is 0.0672. The topological polar surface area (TPSA) is 56.0 Å². The highest BCUT2D eigenvalue weighted by Gasteiger charge is 2.34. The minimum atomic E-state index is 0.0437. The average Bonchev–Trinajstić information content (AvgIpc) is 3.39. The smallest absolute Gasteiger partial charge is 0.275 e. The fraction of sp³-hybridized carbons (Fsp3) is 0.476. The molecule has 1 aromatic carbocycles. The monoisotopic (exact) mass is 363 g/mol. The van der Waals surface area contributed by atoms with Gasteiger partial charge in [0.05, 0.1) is 11.6 Å². The number of hydrogen-bond donors (Lipinski definition) is 0. The average molecular weight is 363 g/mol. The van der Waals surface area contributed by atoms with Crippen molar-refractivity contribution in [2.45, 2.75) is 44.6 Å². The van der Waals surface area contributed by atoms with Crippen molar-refractivity contribution in [3.63, 3.8) is 0 Å². The molecule has 1 unspecified atom stereocenters. The summed E-state index contributed by atoms with van der Waals surface area (Å²) in [6.45, 7) is 3.67. The second-order valence-corrected chi connectivity index (χ2v) is 7.94. The molecule has 3 aromatic rings. The van der Waals surface area contributed by atoms with Gasteiger partial charge in [0.1, 0.15) is 5.82 Å². The van der Waals surface area contributed by atoms with Crippen LogP contribution in [0.25, 0.3) is 10.9 Å². The van der Waals surface area contributed by atoms with Gasteiger partial charge >= 0.3 is 0 Å². The molecule has 1 saturated carbocycles. The predicted molar refractivity (Wildman–Crippen MR) is 104 cm³/mol. The maximum Gasteiger partial charge on any atom is 0.275 e. The van der Waals surface area contributed by atoms with E-state index in [-0.39, 0.29) is 5.91 Å². The molecule has 0 N–H and O–H groups in total. The van der Waals surface area contributed by atoms with E-state index in [1.165, 1.54) is 24.4 Å². The third kappa shape index (κ3) is 2.74. The molecular weight excluding hydrogens is 338 g/mol. The quantitative estimate of drug-likeness (QED) is 0.716. The molecule has 3 heterocycles. The Morgan fingerprint density at radius 1 is 1.19 bits per heavy atom. The van der Waals surface area contributed by atoms with Crippen LogP contribution < -0.4 is 0 Å². The van der Waals surface area contributed by atoms with Crippen molar-refractivity contribution in [1.82, 2.24) is 24.2 Å². The second kappa shape index (κ2) is 6.22. The van der Waals surface area contributed by atoms with Crippen molar-refractivity contribution in [1.29, 1.82) is 0 Å². The largest absolute Gasteiger partial charge is 0.335 e. The van der Waals surface area contributed by atoms with E-state index in [9.17, 15) is 4.79 Å². The summed E-state index contributed by atoms with van der Waals surface area (Å²) in [7, 11) is 1.90. The Kier molecular flexibility index (Phi) is 3.81. The fourth-order valence-electron chi connectivity index (χ4n) is 4.45. The Morgan fingerprint density at radius 3 is 2.81 bits per heavy atom. The number of imidazole rings is 1. The van der Waals surface area contributed by atoms with Gasteiger partial charge in [-0.2, -0.15) is 5.10 Å². The number of nitrogens with zero attached hydrogens (tertiary/aromatic N) is 5. The zero-order chi connectivity index (χ0) is 18.5. The van der Waals surface area contributed by atoms with Crippen LogP contribution in [0.4, 0.5) is 0 Å². The molecule has 140 valence electrons. The van der Waals surface area contributed by atoms with Gasteiger partial charge in [0.25, 0.3) is 5.91 Å². The molecule has 27 heavy (non-hydrogen) atoms. The van der Waals surface area contributed by atoms with Crippen LogP contribution in [-0.2, 0) is 7.05 Å². The minimum absolute atomic E-state index is 0.0437. The van der Waals surface area contributed by atoms with E-state index < -0.39 is 0 Å². The zero-order valence-corrected chi connectivity index (χ0v) is 15.9. The Labute approximate surface area is 158 Å². The Bertz CT molecular complexity index is 1010. The minimum Gasteiger partial charge on any atom is -0.335 e. The predicted octanol–water partition coefficient (Wildman–Crippen LogP) is 3.43. The molecule has 0 bridgehead atoms. The number of carbonyl (C=O) groups is 1. The number of aromatic nitrogens is 4. The number of hydrogen-bond acceptors (Lipinski definition) is 3. The van der Waals surface area contributed by atoms with Crippen molar-refractivity contribution < 1.29 is 4.79 Å². The van der Waals surface area contributed by atoms with Gasteiger partial charge in [-0.3, -0.25) is 9.48 Å². The summed E-state index contributed by atoms with van der Waals surface area (Å²) in [5.74, 6) is 1.88. The van der Waals surface area contributed by atoms with E-state index in [4.69, 9.17) is 0 Å².